The third-order valence-electron chi connectivity index (χ3n) is 3.45. The normalized spacial score (nSPS) is 15.4. The Morgan fingerprint density at radius 2 is 2.05 bits per heavy atom. The number of hydrogen-bond acceptors (Lipinski definition) is 3. The van der Waals surface area contributed by atoms with Gasteiger partial charge in [-0.3, -0.25) is 0 Å². The Hall–Kier alpha value is -1.58. The van der Waals surface area contributed by atoms with Crippen molar-refractivity contribution in [1.82, 2.24) is 4.98 Å². The molecular weight excluding hydrogens is 240 g/mol. The first-order valence-corrected chi connectivity index (χ1v) is 6.85. The topological polar surface area (TPSA) is 53.4 Å². The van der Waals surface area contributed by atoms with Crippen LogP contribution in [0.4, 0.5) is 5.82 Å². The SMILES string of the molecule is CCN(c1cc(C(=O)O)cc(C(C)(C)C)n1)C1CC1. The van der Waals surface area contributed by atoms with Gasteiger partial charge in [0, 0.05) is 23.7 Å². The maximum Gasteiger partial charge on any atom is 0.335 e. The lowest BCUT2D eigenvalue weighted by Gasteiger charge is -2.25. The minimum absolute atomic E-state index is 0.150. The molecule has 1 N–H and O–H groups in total. The molecule has 19 heavy (non-hydrogen) atoms. The van der Waals surface area contributed by atoms with Crippen LogP contribution in [-0.2, 0) is 5.41 Å². The molecule has 1 aliphatic carbocycles. The number of aromatic nitrogens is 1. The van der Waals surface area contributed by atoms with E-state index in [2.05, 4.69) is 37.6 Å². The van der Waals surface area contributed by atoms with E-state index < -0.39 is 5.97 Å². The third kappa shape index (κ3) is 3.06. The molecule has 1 aromatic heterocycles. The molecule has 0 amide bonds. The largest absolute Gasteiger partial charge is 0.478 e. The zero-order valence-corrected chi connectivity index (χ0v) is 12.1. The standard InChI is InChI=1S/C15H22N2O2/c1-5-17(11-6-7-11)13-9-10(14(18)19)8-12(16-13)15(2,3)4/h8-9,11H,5-7H2,1-4H3,(H,18,19). The first-order chi connectivity index (χ1) is 8.82. The average Bonchev–Trinajstić information content (AvgIpc) is 3.13. The Morgan fingerprint density at radius 3 is 2.47 bits per heavy atom. The van der Waals surface area contributed by atoms with Crippen molar-refractivity contribution in [2.75, 3.05) is 11.4 Å². The van der Waals surface area contributed by atoms with Crippen LogP contribution in [0.25, 0.3) is 0 Å². The highest BCUT2D eigenvalue weighted by molar-refractivity contribution is 5.88. The number of aromatic carboxylic acids is 1. The average molecular weight is 262 g/mol. The van der Waals surface area contributed by atoms with Crippen molar-refractivity contribution in [1.29, 1.82) is 0 Å². The molecule has 1 aromatic rings. The summed E-state index contributed by atoms with van der Waals surface area (Å²) in [6.07, 6.45) is 2.36. The molecule has 2 rings (SSSR count). The summed E-state index contributed by atoms with van der Waals surface area (Å²) in [5.74, 6) is -0.0872. The van der Waals surface area contributed by atoms with Crippen molar-refractivity contribution in [3.63, 3.8) is 0 Å². The highest BCUT2D eigenvalue weighted by atomic mass is 16.4. The van der Waals surface area contributed by atoms with Gasteiger partial charge < -0.3 is 10.0 Å². The van der Waals surface area contributed by atoms with Crippen LogP contribution in [-0.4, -0.2) is 28.6 Å². The van der Waals surface area contributed by atoms with Gasteiger partial charge in [0.15, 0.2) is 0 Å². The quantitative estimate of drug-likeness (QED) is 0.906. The first kappa shape index (κ1) is 13.8. The van der Waals surface area contributed by atoms with Gasteiger partial charge in [-0.15, -0.1) is 0 Å². The smallest absolute Gasteiger partial charge is 0.335 e. The van der Waals surface area contributed by atoms with Crippen molar-refractivity contribution < 1.29 is 9.90 Å². The van der Waals surface area contributed by atoms with E-state index in [1.165, 1.54) is 12.8 Å². The number of rotatable bonds is 4. The fraction of sp³-hybridized carbons (Fsp3) is 0.600. The van der Waals surface area contributed by atoms with Crippen molar-refractivity contribution in [2.45, 2.75) is 52.0 Å². The number of anilines is 1. The molecule has 104 valence electrons. The highest BCUT2D eigenvalue weighted by Gasteiger charge is 2.30. The monoisotopic (exact) mass is 262 g/mol. The fourth-order valence-electron chi connectivity index (χ4n) is 2.16. The summed E-state index contributed by atoms with van der Waals surface area (Å²) in [6, 6.07) is 3.92. The second-order valence-corrected chi connectivity index (χ2v) is 6.17. The van der Waals surface area contributed by atoms with Crippen LogP contribution in [0.15, 0.2) is 12.1 Å². The molecule has 0 radical (unpaired) electrons. The Labute approximate surface area is 114 Å². The molecule has 0 bridgehead atoms. The van der Waals surface area contributed by atoms with E-state index in [0.29, 0.717) is 11.6 Å². The van der Waals surface area contributed by atoms with Crippen LogP contribution in [0, 0.1) is 0 Å². The van der Waals surface area contributed by atoms with Gasteiger partial charge in [-0.1, -0.05) is 20.8 Å². The number of carboxylic acids is 1. The molecule has 1 fully saturated rings. The van der Waals surface area contributed by atoms with Gasteiger partial charge in [-0.2, -0.15) is 0 Å². The lowest BCUT2D eigenvalue weighted by atomic mass is 9.90. The van der Waals surface area contributed by atoms with Gasteiger partial charge >= 0.3 is 5.97 Å². The van der Waals surface area contributed by atoms with Gasteiger partial charge in [0.05, 0.1) is 5.56 Å². The van der Waals surface area contributed by atoms with E-state index in [4.69, 9.17) is 0 Å². The molecule has 0 aliphatic heterocycles. The molecule has 1 heterocycles. The summed E-state index contributed by atoms with van der Waals surface area (Å²) >= 11 is 0. The summed E-state index contributed by atoms with van der Waals surface area (Å²) in [5.41, 5.74) is 1.01. The Kier molecular flexibility index (Phi) is 3.52. The minimum atomic E-state index is -0.888. The molecule has 0 spiro atoms. The predicted octanol–water partition coefficient (Wildman–Crippen LogP) is 3.07. The minimum Gasteiger partial charge on any atom is -0.478 e. The molecule has 0 aromatic carbocycles. The van der Waals surface area contributed by atoms with Crippen LogP contribution >= 0.6 is 0 Å². The van der Waals surface area contributed by atoms with E-state index in [1.807, 2.05) is 0 Å². The number of nitrogens with zero attached hydrogens (tertiary/aromatic N) is 2. The van der Waals surface area contributed by atoms with Crippen LogP contribution in [0.5, 0.6) is 0 Å². The van der Waals surface area contributed by atoms with E-state index in [-0.39, 0.29) is 5.41 Å². The summed E-state index contributed by atoms with van der Waals surface area (Å²) < 4.78 is 0. The van der Waals surface area contributed by atoms with Crippen molar-refractivity contribution >= 4 is 11.8 Å². The summed E-state index contributed by atoms with van der Waals surface area (Å²) in [7, 11) is 0. The molecule has 1 aliphatic rings. The van der Waals surface area contributed by atoms with Gasteiger partial charge in [0.25, 0.3) is 0 Å². The third-order valence-corrected chi connectivity index (χ3v) is 3.45. The van der Waals surface area contributed by atoms with Gasteiger partial charge in [-0.25, -0.2) is 9.78 Å². The van der Waals surface area contributed by atoms with Crippen LogP contribution in [0.1, 0.15) is 56.6 Å². The Bertz CT molecular complexity index is 487. The predicted molar refractivity (Wildman–Crippen MR) is 75.9 cm³/mol. The lowest BCUT2D eigenvalue weighted by Crippen LogP contribution is -2.28. The first-order valence-electron chi connectivity index (χ1n) is 6.85. The molecule has 4 heteroatoms. The summed E-state index contributed by atoms with van der Waals surface area (Å²) in [5, 5.41) is 9.26. The maximum atomic E-state index is 11.3. The van der Waals surface area contributed by atoms with E-state index in [9.17, 15) is 9.90 Å². The molecule has 1 saturated carbocycles. The molecule has 4 nitrogen and oxygen atoms in total. The van der Waals surface area contributed by atoms with E-state index in [0.717, 1.165) is 18.1 Å². The second kappa shape index (κ2) is 4.83. The number of carboxylic acid groups (broad SMARTS) is 1. The number of pyridine rings is 1. The van der Waals surface area contributed by atoms with E-state index in [1.54, 1.807) is 12.1 Å². The highest BCUT2D eigenvalue weighted by Crippen LogP contribution is 2.32. The maximum absolute atomic E-state index is 11.3. The van der Waals surface area contributed by atoms with Gasteiger partial charge in [-0.05, 0) is 31.9 Å². The molecular formula is C15H22N2O2. The van der Waals surface area contributed by atoms with Crippen molar-refractivity contribution in [2.24, 2.45) is 0 Å². The van der Waals surface area contributed by atoms with Gasteiger partial charge in [0.2, 0.25) is 0 Å². The molecule has 0 unspecified atom stereocenters. The van der Waals surface area contributed by atoms with E-state index >= 15 is 0 Å². The van der Waals surface area contributed by atoms with Crippen LogP contribution in [0.2, 0.25) is 0 Å². The van der Waals surface area contributed by atoms with Crippen molar-refractivity contribution in [3.05, 3.63) is 23.4 Å². The van der Waals surface area contributed by atoms with Crippen molar-refractivity contribution in [3.8, 4) is 0 Å². The zero-order valence-electron chi connectivity index (χ0n) is 12.1. The molecule has 0 atom stereocenters. The van der Waals surface area contributed by atoms with Crippen LogP contribution < -0.4 is 4.90 Å². The second-order valence-electron chi connectivity index (χ2n) is 6.17. The Morgan fingerprint density at radius 1 is 1.42 bits per heavy atom. The zero-order chi connectivity index (χ0) is 14.2. The summed E-state index contributed by atoms with van der Waals surface area (Å²) in [6.45, 7) is 9.11. The van der Waals surface area contributed by atoms with Gasteiger partial charge in [0.1, 0.15) is 5.82 Å². The summed E-state index contributed by atoms with van der Waals surface area (Å²) in [4.78, 5) is 18.2. The number of hydrogen-bond donors (Lipinski definition) is 1. The lowest BCUT2D eigenvalue weighted by molar-refractivity contribution is 0.0696. The Balaban J connectivity index is 2.47. The number of carbonyl (C=O) groups is 1. The fourth-order valence-corrected chi connectivity index (χ4v) is 2.16. The molecule has 0 saturated heterocycles. The van der Waals surface area contributed by atoms with Crippen LogP contribution in [0.3, 0.4) is 0 Å².